The number of Topliss-reactive ketones (excluding diaryl/α,β-unsaturated/α-hetero) is 1. The Balaban J connectivity index is 2.20. The molecule has 0 saturated heterocycles. The molecule has 0 heterocycles. The lowest BCUT2D eigenvalue weighted by atomic mass is 10.1. The van der Waals surface area contributed by atoms with Crippen LogP contribution in [0, 0.1) is 0 Å². The topological polar surface area (TPSA) is 26.3 Å². The van der Waals surface area contributed by atoms with Gasteiger partial charge in [0.15, 0.2) is 0 Å². The van der Waals surface area contributed by atoms with Gasteiger partial charge in [-0.05, 0) is 30.3 Å². The van der Waals surface area contributed by atoms with Crippen LogP contribution in [0.25, 0.3) is 0 Å². The van der Waals surface area contributed by atoms with Crippen LogP contribution in [0.15, 0.2) is 48.5 Å². The number of ketones is 1. The molecule has 0 N–H and O–H groups in total. The van der Waals surface area contributed by atoms with Crippen LogP contribution in [0.3, 0.4) is 0 Å². The molecular weight excluding hydrogens is 328 g/mol. The Labute approximate surface area is 125 Å². The van der Waals surface area contributed by atoms with Crippen LogP contribution in [0.5, 0.6) is 11.5 Å². The predicted molar refractivity (Wildman–Crippen MR) is 80.5 cm³/mol. The van der Waals surface area contributed by atoms with Gasteiger partial charge >= 0.3 is 0 Å². The highest BCUT2D eigenvalue weighted by Crippen LogP contribution is 2.26. The molecule has 4 heteroatoms. The summed E-state index contributed by atoms with van der Waals surface area (Å²) in [5, 5.41) is 1.01. The van der Waals surface area contributed by atoms with Crippen molar-refractivity contribution in [2.45, 2.75) is 6.42 Å². The van der Waals surface area contributed by atoms with Crippen LogP contribution in [0.4, 0.5) is 0 Å². The van der Waals surface area contributed by atoms with Crippen molar-refractivity contribution in [2.24, 2.45) is 0 Å². The van der Waals surface area contributed by atoms with E-state index in [1.807, 2.05) is 24.3 Å². The Bertz CT molecular complexity index is 567. The minimum Gasteiger partial charge on any atom is -0.457 e. The second kappa shape index (κ2) is 6.73. The van der Waals surface area contributed by atoms with E-state index in [2.05, 4.69) is 15.9 Å². The standard InChI is InChI=1S/C15H12BrClO2/c16-10-13(18)9-11-3-1-2-4-15(11)19-14-7-5-12(17)6-8-14/h1-8H,9-10H2. The molecule has 2 nitrogen and oxygen atoms in total. The fourth-order valence-corrected chi connectivity index (χ4v) is 1.96. The van der Waals surface area contributed by atoms with E-state index in [-0.39, 0.29) is 5.78 Å². The zero-order chi connectivity index (χ0) is 13.7. The van der Waals surface area contributed by atoms with Gasteiger partial charge in [0, 0.05) is 17.0 Å². The second-order valence-corrected chi connectivity index (χ2v) is 5.01. The molecule has 0 amide bonds. The molecule has 0 unspecified atom stereocenters. The summed E-state index contributed by atoms with van der Waals surface area (Å²) in [5.74, 6) is 1.51. The van der Waals surface area contributed by atoms with Crippen molar-refractivity contribution in [1.29, 1.82) is 0 Å². The molecule has 2 aromatic rings. The normalized spacial score (nSPS) is 10.2. The maximum absolute atomic E-state index is 11.5. The molecule has 19 heavy (non-hydrogen) atoms. The third-order valence-electron chi connectivity index (χ3n) is 2.55. The summed E-state index contributed by atoms with van der Waals surface area (Å²) in [7, 11) is 0. The van der Waals surface area contributed by atoms with Gasteiger partial charge in [-0.15, -0.1) is 0 Å². The number of halogens is 2. The predicted octanol–water partition coefficient (Wildman–Crippen LogP) is 4.64. The van der Waals surface area contributed by atoms with E-state index in [1.165, 1.54) is 0 Å². The van der Waals surface area contributed by atoms with E-state index in [0.717, 1.165) is 5.56 Å². The minimum atomic E-state index is 0.118. The summed E-state index contributed by atoms with van der Waals surface area (Å²) in [5.41, 5.74) is 0.877. The van der Waals surface area contributed by atoms with Gasteiger partial charge in [0.2, 0.25) is 0 Å². The molecule has 0 aliphatic rings. The number of rotatable bonds is 5. The first-order valence-corrected chi connectivity index (χ1v) is 7.28. The molecule has 2 aromatic carbocycles. The molecule has 98 valence electrons. The van der Waals surface area contributed by atoms with Gasteiger partial charge in [-0.1, -0.05) is 45.7 Å². The van der Waals surface area contributed by atoms with Crippen molar-refractivity contribution in [3.8, 4) is 11.5 Å². The number of carbonyl (C=O) groups is 1. The van der Waals surface area contributed by atoms with Crippen molar-refractivity contribution in [3.63, 3.8) is 0 Å². The SMILES string of the molecule is O=C(CBr)Cc1ccccc1Oc1ccc(Cl)cc1. The quantitative estimate of drug-likeness (QED) is 0.742. The highest BCUT2D eigenvalue weighted by Gasteiger charge is 2.08. The third-order valence-corrected chi connectivity index (χ3v) is 3.43. The van der Waals surface area contributed by atoms with Gasteiger partial charge in [-0.3, -0.25) is 4.79 Å². The lowest BCUT2D eigenvalue weighted by Gasteiger charge is -2.10. The summed E-state index contributed by atoms with van der Waals surface area (Å²) in [4.78, 5) is 11.5. The number of benzene rings is 2. The first kappa shape index (κ1) is 14.1. The van der Waals surface area contributed by atoms with Crippen LogP contribution in [-0.2, 0) is 11.2 Å². The summed E-state index contributed by atoms with van der Waals surface area (Å²) >= 11 is 8.99. The summed E-state index contributed by atoms with van der Waals surface area (Å²) in [6, 6.07) is 14.7. The second-order valence-electron chi connectivity index (χ2n) is 4.01. The van der Waals surface area contributed by atoms with E-state index in [0.29, 0.717) is 28.3 Å². The molecule has 0 saturated carbocycles. The van der Waals surface area contributed by atoms with Crippen molar-refractivity contribution in [3.05, 3.63) is 59.1 Å². The van der Waals surface area contributed by atoms with E-state index < -0.39 is 0 Å². The largest absolute Gasteiger partial charge is 0.457 e. The zero-order valence-electron chi connectivity index (χ0n) is 10.1. The van der Waals surface area contributed by atoms with Crippen molar-refractivity contribution >= 4 is 33.3 Å². The maximum atomic E-state index is 11.5. The van der Waals surface area contributed by atoms with Crippen LogP contribution in [0.2, 0.25) is 5.02 Å². The fourth-order valence-electron chi connectivity index (χ4n) is 1.64. The number of carbonyl (C=O) groups excluding carboxylic acids is 1. The van der Waals surface area contributed by atoms with E-state index >= 15 is 0 Å². The average molecular weight is 340 g/mol. The van der Waals surface area contributed by atoms with E-state index in [1.54, 1.807) is 24.3 Å². The Hall–Kier alpha value is -1.32. The first-order valence-electron chi connectivity index (χ1n) is 5.78. The highest BCUT2D eigenvalue weighted by atomic mass is 79.9. The maximum Gasteiger partial charge on any atom is 0.147 e. The molecule has 0 atom stereocenters. The smallest absolute Gasteiger partial charge is 0.147 e. The molecule has 0 fully saturated rings. The minimum absolute atomic E-state index is 0.118. The van der Waals surface area contributed by atoms with Gasteiger partial charge in [-0.2, -0.15) is 0 Å². The van der Waals surface area contributed by atoms with Gasteiger partial charge in [0.1, 0.15) is 17.3 Å². The van der Waals surface area contributed by atoms with Gasteiger partial charge in [0.25, 0.3) is 0 Å². The molecule has 0 aliphatic heterocycles. The summed E-state index contributed by atoms with van der Waals surface area (Å²) in [6.45, 7) is 0. The van der Waals surface area contributed by atoms with Crippen molar-refractivity contribution in [1.82, 2.24) is 0 Å². The summed E-state index contributed by atoms with van der Waals surface area (Å²) in [6.07, 6.45) is 0.356. The fraction of sp³-hybridized carbons (Fsp3) is 0.133. The van der Waals surface area contributed by atoms with Gasteiger partial charge in [-0.25, -0.2) is 0 Å². The van der Waals surface area contributed by atoms with Crippen LogP contribution < -0.4 is 4.74 Å². The molecule has 0 spiro atoms. The molecular formula is C15H12BrClO2. The summed E-state index contributed by atoms with van der Waals surface area (Å²) < 4.78 is 5.78. The van der Waals surface area contributed by atoms with Gasteiger partial charge in [0.05, 0.1) is 5.33 Å². The number of hydrogen-bond acceptors (Lipinski definition) is 2. The molecule has 0 bridgehead atoms. The average Bonchev–Trinajstić information content (AvgIpc) is 2.43. The first-order chi connectivity index (χ1) is 9.19. The number of hydrogen-bond donors (Lipinski definition) is 0. The Morgan fingerprint density at radius 2 is 1.79 bits per heavy atom. The lowest BCUT2D eigenvalue weighted by Crippen LogP contribution is -2.04. The number of alkyl halides is 1. The van der Waals surface area contributed by atoms with Crippen molar-refractivity contribution in [2.75, 3.05) is 5.33 Å². The van der Waals surface area contributed by atoms with E-state index in [9.17, 15) is 4.79 Å². The number of ether oxygens (including phenoxy) is 1. The lowest BCUT2D eigenvalue weighted by molar-refractivity contribution is -0.115. The molecule has 0 aromatic heterocycles. The Morgan fingerprint density at radius 1 is 1.11 bits per heavy atom. The van der Waals surface area contributed by atoms with E-state index in [4.69, 9.17) is 16.3 Å². The highest BCUT2D eigenvalue weighted by molar-refractivity contribution is 9.09. The molecule has 0 radical (unpaired) electrons. The Morgan fingerprint density at radius 3 is 2.47 bits per heavy atom. The number of para-hydroxylation sites is 1. The van der Waals surface area contributed by atoms with Gasteiger partial charge < -0.3 is 4.74 Å². The molecule has 2 rings (SSSR count). The zero-order valence-corrected chi connectivity index (χ0v) is 12.4. The Kier molecular flexibility index (Phi) is 5.00. The third kappa shape index (κ3) is 4.08. The molecule has 0 aliphatic carbocycles. The monoisotopic (exact) mass is 338 g/mol. The van der Waals surface area contributed by atoms with Crippen LogP contribution >= 0.6 is 27.5 Å². The van der Waals surface area contributed by atoms with Crippen LogP contribution in [-0.4, -0.2) is 11.1 Å². The van der Waals surface area contributed by atoms with Crippen molar-refractivity contribution < 1.29 is 9.53 Å². The van der Waals surface area contributed by atoms with Crippen LogP contribution in [0.1, 0.15) is 5.56 Å².